The van der Waals surface area contributed by atoms with Crippen molar-refractivity contribution in [3.05, 3.63) is 63.7 Å². The van der Waals surface area contributed by atoms with Crippen LogP contribution in [-0.2, 0) is 15.3 Å². The first-order chi connectivity index (χ1) is 12.8. The molecule has 0 aliphatic rings. The standard InChI is InChI=1S/C18H18N2O6S/c1-12-8-15(26-9-18(22)23)6-7-16(12)19-17(21)11-27-10-13-2-4-14(5-3-13)20(24)25/h2-8H,9-11H2,1H3,(H,19,21)(H,22,23). The molecule has 0 heterocycles. The number of ether oxygens (including phenoxy) is 1. The molecule has 0 spiro atoms. The Labute approximate surface area is 159 Å². The lowest BCUT2D eigenvalue weighted by atomic mass is 10.2. The third-order valence-electron chi connectivity index (χ3n) is 3.48. The average molecular weight is 390 g/mol. The Balaban J connectivity index is 1.81. The molecule has 2 N–H and O–H groups in total. The van der Waals surface area contributed by atoms with E-state index in [-0.39, 0.29) is 17.3 Å². The largest absolute Gasteiger partial charge is 0.482 e. The van der Waals surface area contributed by atoms with Crippen LogP contribution < -0.4 is 10.1 Å². The number of carboxylic acid groups (broad SMARTS) is 1. The summed E-state index contributed by atoms with van der Waals surface area (Å²) >= 11 is 1.40. The Morgan fingerprint density at radius 2 is 1.93 bits per heavy atom. The summed E-state index contributed by atoms with van der Waals surface area (Å²) < 4.78 is 5.09. The highest BCUT2D eigenvalue weighted by molar-refractivity contribution is 7.99. The lowest BCUT2D eigenvalue weighted by Crippen LogP contribution is -2.15. The molecular formula is C18H18N2O6S. The molecule has 27 heavy (non-hydrogen) atoms. The first-order valence-electron chi connectivity index (χ1n) is 7.91. The van der Waals surface area contributed by atoms with Crippen molar-refractivity contribution in [1.82, 2.24) is 0 Å². The molecule has 1 amide bonds. The van der Waals surface area contributed by atoms with E-state index in [0.29, 0.717) is 17.2 Å². The molecule has 0 saturated carbocycles. The number of aliphatic carboxylic acids is 1. The summed E-state index contributed by atoms with van der Waals surface area (Å²) in [5.74, 6) is -0.0280. The summed E-state index contributed by atoms with van der Waals surface area (Å²) in [6.07, 6.45) is 0. The third-order valence-corrected chi connectivity index (χ3v) is 4.49. The van der Waals surface area contributed by atoms with Gasteiger partial charge in [0.05, 0.1) is 10.7 Å². The Morgan fingerprint density at radius 1 is 1.22 bits per heavy atom. The molecule has 2 aromatic carbocycles. The minimum absolute atomic E-state index is 0.0350. The lowest BCUT2D eigenvalue weighted by Gasteiger charge is -2.10. The zero-order valence-electron chi connectivity index (χ0n) is 14.5. The van der Waals surface area contributed by atoms with Crippen LogP contribution in [0.25, 0.3) is 0 Å². The number of hydrogen-bond donors (Lipinski definition) is 2. The molecule has 142 valence electrons. The first-order valence-corrected chi connectivity index (χ1v) is 9.07. The van der Waals surface area contributed by atoms with Crippen molar-refractivity contribution in [2.75, 3.05) is 17.7 Å². The van der Waals surface area contributed by atoms with Crippen LogP contribution in [0, 0.1) is 17.0 Å². The second-order valence-electron chi connectivity index (χ2n) is 5.62. The molecule has 2 aromatic rings. The van der Waals surface area contributed by atoms with Crippen molar-refractivity contribution in [2.45, 2.75) is 12.7 Å². The van der Waals surface area contributed by atoms with Gasteiger partial charge in [-0.05, 0) is 36.2 Å². The quantitative estimate of drug-likeness (QED) is 0.498. The number of carbonyl (C=O) groups excluding carboxylic acids is 1. The van der Waals surface area contributed by atoms with Crippen LogP contribution in [0.3, 0.4) is 0 Å². The molecule has 0 fully saturated rings. The van der Waals surface area contributed by atoms with E-state index in [2.05, 4.69) is 5.32 Å². The van der Waals surface area contributed by atoms with E-state index in [1.807, 2.05) is 0 Å². The number of nitrogens with one attached hydrogen (secondary N) is 1. The molecule has 9 heteroatoms. The Bertz CT molecular complexity index is 838. The number of non-ortho nitro benzene ring substituents is 1. The number of aryl methyl sites for hydroxylation is 1. The Kier molecular flexibility index (Phi) is 7.18. The van der Waals surface area contributed by atoms with Crippen molar-refractivity contribution in [3.63, 3.8) is 0 Å². The van der Waals surface area contributed by atoms with Gasteiger partial charge in [0.25, 0.3) is 5.69 Å². The molecular weight excluding hydrogens is 372 g/mol. The van der Waals surface area contributed by atoms with Crippen LogP contribution in [0.4, 0.5) is 11.4 Å². The van der Waals surface area contributed by atoms with Crippen LogP contribution >= 0.6 is 11.8 Å². The fraction of sp³-hybridized carbons (Fsp3) is 0.222. The van der Waals surface area contributed by atoms with Crippen molar-refractivity contribution in [3.8, 4) is 5.75 Å². The molecule has 0 unspecified atom stereocenters. The maximum atomic E-state index is 12.1. The number of benzene rings is 2. The van der Waals surface area contributed by atoms with Crippen molar-refractivity contribution >= 4 is 35.0 Å². The highest BCUT2D eigenvalue weighted by Crippen LogP contribution is 2.22. The number of anilines is 1. The number of nitro groups is 1. The summed E-state index contributed by atoms with van der Waals surface area (Å²) in [6.45, 7) is 1.36. The normalized spacial score (nSPS) is 10.3. The van der Waals surface area contributed by atoms with E-state index in [0.717, 1.165) is 11.1 Å². The molecule has 0 atom stereocenters. The van der Waals surface area contributed by atoms with Gasteiger partial charge in [0, 0.05) is 23.6 Å². The van der Waals surface area contributed by atoms with E-state index in [9.17, 15) is 19.7 Å². The first kappa shape index (κ1) is 20.2. The predicted octanol–water partition coefficient (Wildman–Crippen LogP) is 3.24. The molecule has 0 aliphatic carbocycles. The van der Waals surface area contributed by atoms with Gasteiger partial charge >= 0.3 is 5.97 Å². The lowest BCUT2D eigenvalue weighted by molar-refractivity contribution is -0.384. The second-order valence-corrected chi connectivity index (χ2v) is 6.61. The monoisotopic (exact) mass is 390 g/mol. The zero-order valence-corrected chi connectivity index (χ0v) is 15.3. The number of amides is 1. The highest BCUT2D eigenvalue weighted by atomic mass is 32.2. The van der Waals surface area contributed by atoms with Crippen LogP contribution in [0.2, 0.25) is 0 Å². The number of nitrogens with zero attached hydrogens (tertiary/aromatic N) is 1. The third kappa shape index (κ3) is 6.63. The van der Waals surface area contributed by atoms with Gasteiger partial charge in [0.2, 0.25) is 5.91 Å². The van der Waals surface area contributed by atoms with Gasteiger partial charge < -0.3 is 15.2 Å². The minimum Gasteiger partial charge on any atom is -0.482 e. The highest BCUT2D eigenvalue weighted by Gasteiger charge is 2.08. The number of nitro benzene ring substituents is 1. The SMILES string of the molecule is Cc1cc(OCC(=O)O)ccc1NC(=O)CSCc1ccc([N+](=O)[O-])cc1. The van der Waals surface area contributed by atoms with E-state index in [1.165, 1.54) is 23.9 Å². The van der Waals surface area contributed by atoms with Crippen LogP contribution in [-0.4, -0.2) is 34.3 Å². The number of rotatable bonds is 9. The molecule has 2 rings (SSSR count). The van der Waals surface area contributed by atoms with Crippen LogP contribution in [0.15, 0.2) is 42.5 Å². The predicted molar refractivity (Wildman–Crippen MR) is 102 cm³/mol. The molecule has 0 saturated heterocycles. The van der Waals surface area contributed by atoms with E-state index < -0.39 is 17.5 Å². The van der Waals surface area contributed by atoms with Crippen LogP contribution in [0.5, 0.6) is 5.75 Å². The molecule has 0 aromatic heterocycles. The van der Waals surface area contributed by atoms with Gasteiger partial charge in [0.15, 0.2) is 6.61 Å². The average Bonchev–Trinajstić information content (AvgIpc) is 2.62. The van der Waals surface area contributed by atoms with Gasteiger partial charge in [-0.2, -0.15) is 0 Å². The number of thioether (sulfide) groups is 1. The van der Waals surface area contributed by atoms with Gasteiger partial charge in [-0.25, -0.2) is 4.79 Å². The number of hydrogen-bond acceptors (Lipinski definition) is 6. The molecule has 0 aliphatic heterocycles. The molecule has 8 nitrogen and oxygen atoms in total. The van der Waals surface area contributed by atoms with Crippen molar-refractivity contribution in [1.29, 1.82) is 0 Å². The summed E-state index contributed by atoms with van der Waals surface area (Å²) in [6, 6.07) is 11.1. The fourth-order valence-corrected chi connectivity index (χ4v) is 2.96. The molecule has 0 bridgehead atoms. The van der Waals surface area contributed by atoms with E-state index in [1.54, 1.807) is 37.3 Å². The van der Waals surface area contributed by atoms with Gasteiger partial charge in [-0.3, -0.25) is 14.9 Å². The smallest absolute Gasteiger partial charge is 0.341 e. The number of carbonyl (C=O) groups is 2. The van der Waals surface area contributed by atoms with Gasteiger partial charge in [0.1, 0.15) is 5.75 Å². The van der Waals surface area contributed by atoms with Gasteiger partial charge in [-0.1, -0.05) is 12.1 Å². The summed E-state index contributed by atoms with van der Waals surface area (Å²) in [7, 11) is 0. The maximum absolute atomic E-state index is 12.1. The van der Waals surface area contributed by atoms with E-state index >= 15 is 0 Å². The zero-order chi connectivity index (χ0) is 19.8. The van der Waals surface area contributed by atoms with E-state index in [4.69, 9.17) is 9.84 Å². The fourth-order valence-electron chi connectivity index (χ4n) is 2.17. The number of carboxylic acids is 1. The second kappa shape index (κ2) is 9.58. The Morgan fingerprint density at radius 3 is 2.52 bits per heavy atom. The van der Waals surface area contributed by atoms with Crippen LogP contribution in [0.1, 0.15) is 11.1 Å². The topological polar surface area (TPSA) is 119 Å². The minimum atomic E-state index is -1.06. The summed E-state index contributed by atoms with van der Waals surface area (Å²) in [4.78, 5) is 32.7. The maximum Gasteiger partial charge on any atom is 0.341 e. The summed E-state index contributed by atoms with van der Waals surface area (Å²) in [5.41, 5.74) is 2.31. The molecule has 0 radical (unpaired) electrons. The summed E-state index contributed by atoms with van der Waals surface area (Å²) in [5, 5.41) is 22.0. The van der Waals surface area contributed by atoms with Crippen molar-refractivity contribution in [2.24, 2.45) is 0 Å². The van der Waals surface area contributed by atoms with Gasteiger partial charge in [-0.15, -0.1) is 11.8 Å². The Hall–Kier alpha value is -3.07. The van der Waals surface area contributed by atoms with Crippen molar-refractivity contribution < 1.29 is 24.4 Å².